The number of hydrogen-bond donors (Lipinski definition) is 2. The van der Waals surface area contributed by atoms with Gasteiger partial charge in [-0.05, 0) is 30.5 Å². The zero-order chi connectivity index (χ0) is 19.9. The summed E-state index contributed by atoms with van der Waals surface area (Å²) in [5, 5.41) is 11.5. The number of carbonyl (C=O) groups is 3. The Morgan fingerprint density at radius 2 is 1.77 bits per heavy atom. The maximum Gasteiger partial charge on any atom is 0.416 e. The van der Waals surface area contributed by atoms with Gasteiger partial charge in [-0.25, -0.2) is 4.79 Å². The quantitative estimate of drug-likeness (QED) is 0.681. The van der Waals surface area contributed by atoms with Crippen molar-refractivity contribution >= 4 is 17.8 Å². The molecule has 0 aliphatic rings. The van der Waals surface area contributed by atoms with Gasteiger partial charge >= 0.3 is 18.1 Å². The average Bonchev–Trinajstić information content (AvgIpc) is 2.52. The molecule has 0 fully saturated rings. The van der Waals surface area contributed by atoms with Crippen LogP contribution in [0, 0.1) is 5.92 Å². The lowest BCUT2D eigenvalue weighted by atomic mass is 9.98. The second-order valence-corrected chi connectivity index (χ2v) is 5.74. The third-order valence-electron chi connectivity index (χ3n) is 3.59. The Labute approximate surface area is 148 Å². The molecule has 0 saturated heterocycles. The van der Waals surface area contributed by atoms with E-state index in [0.717, 1.165) is 24.3 Å². The minimum Gasteiger partial charge on any atom is -0.480 e. The Morgan fingerprint density at radius 3 is 2.23 bits per heavy atom. The highest BCUT2D eigenvalue weighted by atomic mass is 19.4. The molecule has 6 nitrogen and oxygen atoms in total. The van der Waals surface area contributed by atoms with Gasteiger partial charge in [0, 0.05) is 0 Å². The molecule has 144 valence electrons. The number of carboxylic acids is 1. The van der Waals surface area contributed by atoms with Gasteiger partial charge in [0.25, 0.3) is 0 Å². The lowest BCUT2D eigenvalue weighted by Crippen LogP contribution is -2.46. The van der Waals surface area contributed by atoms with Gasteiger partial charge in [-0.3, -0.25) is 9.59 Å². The molecule has 1 aromatic rings. The molecule has 26 heavy (non-hydrogen) atoms. The Kier molecular flexibility index (Phi) is 7.60. The van der Waals surface area contributed by atoms with Crippen LogP contribution in [0.15, 0.2) is 24.3 Å². The molecular formula is C17H20F3NO5. The number of halogens is 3. The first-order valence-corrected chi connectivity index (χ1v) is 7.88. The number of alkyl halides is 3. The van der Waals surface area contributed by atoms with Crippen molar-refractivity contribution in [3.05, 3.63) is 35.4 Å². The number of esters is 1. The summed E-state index contributed by atoms with van der Waals surface area (Å²) in [6, 6.07) is 2.68. The molecule has 0 aromatic heterocycles. The van der Waals surface area contributed by atoms with Gasteiger partial charge in [-0.2, -0.15) is 13.2 Å². The van der Waals surface area contributed by atoms with E-state index >= 15 is 0 Å². The lowest BCUT2D eigenvalue weighted by Gasteiger charge is -2.21. The van der Waals surface area contributed by atoms with Crippen LogP contribution in [0.1, 0.15) is 31.4 Å². The first-order valence-electron chi connectivity index (χ1n) is 7.88. The van der Waals surface area contributed by atoms with Crippen LogP contribution in [-0.2, 0) is 31.7 Å². The van der Waals surface area contributed by atoms with Gasteiger partial charge in [-0.15, -0.1) is 0 Å². The summed E-state index contributed by atoms with van der Waals surface area (Å²) in [6.07, 6.45) is -4.95. The molecule has 1 rings (SSSR count). The van der Waals surface area contributed by atoms with Crippen LogP contribution in [0.4, 0.5) is 13.2 Å². The van der Waals surface area contributed by atoms with Crippen LogP contribution in [0.5, 0.6) is 0 Å². The Hall–Kier alpha value is -2.58. The van der Waals surface area contributed by atoms with Crippen molar-refractivity contribution in [1.82, 2.24) is 5.32 Å². The molecule has 0 radical (unpaired) electrons. The lowest BCUT2D eigenvalue weighted by molar-refractivity contribution is -0.147. The molecule has 0 bridgehead atoms. The van der Waals surface area contributed by atoms with Crippen molar-refractivity contribution in [3.8, 4) is 0 Å². The van der Waals surface area contributed by atoms with Crippen LogP contribution < -0.4 is 5.32 Å². The summed E-state index contributed by atoms with van der Waals surface area (Å²) in [6.45, 7) is 3.25. The van der Waals surface area contributed by atoms with Gasteiger partial charge in [0.1, 0.15) is 6.04 Å². The smallest absolute Gasteiger partial charge is 0.416 e. The molecule has 0 unspecified atom stereocenters. The zero-order valence-corrected chi connectivity index (χ0v) is 14.3. The number of nitrogens with one attached hydrogen (secondary N) is 1. The first-order chi connectivity index (χ1) is 12.0. The summed E-state index contributed by atoms with van der Waals surface area (Å²) in [7, 11) is 0. The molecule has 0 saturated carbocycles. The van der Waals surface area contributed by atoms with Crippen molar-refractivity contribution < 1.29 is 37.4 Å². The molecule has 2 atom stereocenters. The maximum absolute atomic E-state index is 12.5. The highest BCUT2D eigenvalue weighted by Gasteiger charge is 2.30. The summed E-state index contributed by atoms with van der Waals surface area (Å²) in [5.74, 6) is -3.29. The first kappa shape index (κ1) is 21.5. The fourth-order valence-corrected chi connectivity index (χ4v) is 2.27. The van der Waals surface area contributed by atoms with E-state index in [9.17, 15) is 32.7 Å². The van der Waals surface area contributed by atoms with E-state index < -0.39 is 41.5 Å². The summed E-state index contributed by atoms with van der Waals surface area (Å²) < 4.78 is 42.3. The average molecular weight is 375 g/mol. The Bertz CT molecular complexity index is 643. The third kappa shape index (κ3) is 6.73. The Morgan fingerprint density at radius 1 is 1.19 bits per heavy atom. The van der Waals surface area contributed by atoms with Crippen molar-refractivity contribution in [2.45, 2.75) is 38.9 Å². The largest absolute Gasteiger partial charge is 0.480 e. The van der Waals surface area contributed by atoms with Crippen molar-refractivity contribution in [2.24, 2.45) is 5.92 Å². The molecule has 1 amide bonds. The van der Waals surface area contributed by atoms with Crippen LogP contribution in [0.25, 0.3) is 0 Å². The fraction of sp³-hybridized carbons (Fsp3) is 0.471. The number of rotatable bonds is 8. The predicted molar refractivity (Wildman–Crippen MR) is 85.1 cm³/mol. The van der Waals surface area contributed by atoms with Gasteiger partial charge < -0.3 is 15.2 Å². The number of aliphatic carboxylic acids is 1. The Balaban J connectivity index is 2.70. The standard InChI is InChI=1S/C17H20F3NO5/c1-3-26-14(23)8-10(2)15(16(24)25)21-13(22)9-11-4-6-12(7-5-11)17(18,19)20/h4-7,10,15H,3,8-9H2,1-2H3,(H,21,22)(H,24,25)/t10-,15+/m1/s1. The normalized spacial score (nSPS) is 13.6. The van der Waals surface area contributed by atoms with Crippen LogP contribution in [0.3, 0.4) is 0 Å². The summed E-state index contributed by atoms with van der Waals surface area (Å²) >= 11 is 0. The molecule has 0 heterocycles. The SMILES string of the molecule is CCOC(=O)C[C@@H](C)[C@H](NC(=O)Cc1ccc(C(F)(F)F)cc1)C(=O)O. The second kappa shape index (κ2) is 9.21. The van der Waals surface area contributed by atoms with Crippen molar-refractivity contribution in [1.29, 1.82) is 0 Å². The zero-order valence-electron chi connectivity index (χ0n) is 14.3. The second-order valence-electron chi connectivity index (χ2n) is 5.74. The molecule has 9 heteroatoms. The van der Waals surface area contributed by atoms with Crippen molar-refractivity contribution in [3.63, 3.8) is 0 Å². The predicted octanol–water partition coefficient (Wildman–Crippen LogP) is 2.41. The summed E-state index contributed by atoms with van der Waals surface area (Å²) in [4.78, 5) is 34.8. The fourth-order valence-electron chi connectivity index (χ4n) is 2.27. The van der Waals surface area contributed by atoms with E-state index in [1.807, 2.05) is 0 Å². The molecule has 2 N–H and O–H groups in total. The highest BCUT2D eigenvalue weighted by molar-refractivity contribution is 5.85. The third-order valence-corrected chi connectivity index (χ3v) is 3.59. The number of ether oxygens (including phenoxy) is 1. The van der Waals surface area contributed by atoms with Crippen LogP contribution in [0.2, 0.25) is 0 Å². The molecule has 0 aliphatic carbocycles. The van der Waals surface area contributed by atoms with E-state index in [2.05, 4.69) is 5.32 Å². The van der Waals surface area contributed by atoms with E-state index in [1.165, 1.54) is 6.92 Å². The van der Waals surface area contributed by atoms with Crippen LogP contribution in [-0.4, -0.2) is 35.6 Å². The number of amides is 1. The van der Waals surface area contributed by atoms with E-state index in [4.69, 9.17) is 4.74 Å². The maximum atomic E-state index is 12.5. The number of hydrogen-bond acceptors (Lipinski definition) is 4. The van der Waals surface area contributed by atoms with Crippen LogP contribution >= 0.6 is 0 Å². The minimum absolute atomic E-state index is 0.156. The highest BCUT2D eigenvalue weighted by Crippen LogP contribution is 2.29. The van der Waals surface area contributed by atoms with Gasteiger partial charge in [0.2, 0.25) is 5.91 Å². The number of benzene rings is 1. The number of carboxylic acid groups (broad SMARTS) is 1. The van der Waals surface area contributed by atoms with Crippen molar-refractivity contribution in [2.75, 3.05) is 6.61 Å². The minimum atomic E-state index is -4.47. The van der Waals surface area contributed by atoms with Gasteiger partial charge in [-0.1, -0.05) is 19.1 Å². The molecule has 0 aliphatic heterocycles. The topological polar surface area (TPSA) is 92.7 Å². The monoisotopic (exact) mass is 375 g/mol. The van der Waals surface area contributed by atoms with Gasteiger partial charge in [0.05, 0.1) is 25.0 Å². The summed E-state index contributed by atoms with van der Waals surface area (Å²) in [5.41, 5.74) is -0.536. The van der Waals surface area contributed by atoms with E-state index in [0.29, 0.717) is 5.56 Å². The van der Waals surface area contributed by atoms with Gasteiger partial charge in [0.15, 0.2) is 0 Å². The molecular weight excluding hydrogens is 355 g/mol. The molecule has 1 aromatic carbocycles. The van der Waals surface area contributed by atoms with E-state index in [1.54, 1.807) is 6.92 Å². The molecule has 0 spiro atoms. The number of carbonyl (C=O) groups excluding carboxylic acids is 2. The van der Waals surface area contributed by atoms with E-state index in [-0.39, 0.29) is 19.4 Å².